The SMILES string of the molecule is CCCCNC(=O)[C@H](Cc1ccccc1)N(Cc1ccc(Cl)c(Cl)c1)C(=O)CN(c1ccc(OCC)cc1)S(=O)(=O)c1ccc(C)cc1. The highest BCUT2D eigenvalue weighted by Gasteiger charge is 2.34. The van der Waals surface area contributed by atoms with Crippen LogP contribution in [0.5, 0.6) is 5.75 Å². The molecule has 2 amide bonds. The van der Waals surface area contributed by atoms with Crippen molar-refractivity contribution in [1.82, 2.24) is 10.2 Å². The largest absolute Gasteiger partial charge is 0.494 e. The zero-order valence-electron chi connectivity index (χ0n) is 27.4. The van der Waals surface area contributed by atoms with Crippen LogP contribution in [0.25, 0.3) is 0 Å². The average molecular weight is 711 g/mol. The van der Waals surface area contributed by atoms with Gasteiger partial charge in [-0.15, -0.1) is 0 Å². The molecular weight excluding hydrogens is 669 g/mol. The van der Waals surface area contributed by atoms with Crippen molar-refractivity contribution in [2.24, 2.45) is 0 Å². The second kappa shape index (κ2) is 17.4. The second-order valence-corrected chi connectivity index (χ2v) is 14.0. The van der Waals surface area contributed by atoms with Gasteiger partial charge in [0, 0.05) is 19.5 Å². The Morgan fingerprint density at radius 1 is 0.854 bits per heavy atom. The fourth-order valence-corrected chi connectivity index (χ4v) is 6.87. The van der Waals surface area contributed by atoms with E-state index in [0.717, 1.165) is 28.3 Å². The van der Waals surface area contributed by atoms with Crippen molar-refractivity contribution in [3.63, 3.8) is 0 Å². The summed E-state index contributed by atoms with van der Waals surface area (Å²) in [5, 5.41) is 3.63. The lowest BCUT2D eigenvalue weighted by Crippen LogP contribution is -2.53. The summed E-state index contributed by atoms with van der Waals surface area (Å²) in [6.07, 6.45) is 1.86. The van der Waals surface area contributed by atoms with Crippen LogP contribution in [0.4, 0.5) is 5.69 Å². The first kappa shape index (κ1) is 36.8. The first-order valence-corrected chi connectivity index (χ1v) is 18.1. The van der Waals surface area contributed by atoms with Crippen molar-refractivity contribution in [3.8, 4) is 5.75 Å². The molecule has 0 saturated carbocycles. The van der Waals surface area contributed by atoms with Gasteiger partial charge >= 0.3 is 0 Å². The van der Waals surface area contributed by atoms with Crippen molar-refractivity contribution >= 4 is 50.7 Å². The van der Waals surface area contributed by atoms with Gasteiger partial charge in [-0.05, 0) is 79.9 Å². The number of aryl methyl sites for hydroxylation is 1. The predicted octanol–water partition coefficient (Wildman–Crippen LogP) is 7.45. The number of carbonyl (C=O) groups excluding carboxylic acids is 2. The maximum Gasteiger partial charge on any atom is 0.264 e. The first-order chi connectivity index (χ1) is 23.0. The minimum absolute atomic E-state index is 0.0177. The van der Waals surface area contributed by atoms with E-state index in [-0.39, 0.29) is 29.5 Å². The van der Waals surface area contributed by atoms with Crippen LogP contribution in [-0.2, 0) is 32.6 Å². The van der Waals surface area contributed by atoms with E-state index >= 15 is 0 Å². The normalized spacial score (nSPS) is 11.9. The van der Waals surface area contributed by atoms with Gasteiger partial charge in [-0.2, -0.15) is 0 Å². The summed E-state index contributed by atoms with van der Waals surface area (Å²) < 4.78 is 35.1. The van der Waals surface area contributed by atoms with E-state index in [2.05, 4.69) is 5.32 Å². The summed E-state index contributed by atoms with van der Waals surface area (Å²) in [5.41, 5.74) is 2.64. The molecule has 1 atom stereocenters. The summed E-state index contributed by atoms with van der Waals surface area (Å²) in [5.74, 6) is -0.347. The number of halogens is 2. The number of ether oxygens (including phenoxy) is 1. The molecule has 0 saturated heterocycles. The molecule has 0 aromatic heterocycles. The van der Waals surface area contributed by atoms with E-state index in [4.69, 9.17) is 27.9 Å². The number of unbranched alkanes of at least 4 members (excludes halogenated alkanes) is 1. The number of sulfonamides is 1. The lowest BCUT2D eigenvalue weighted by atomic mass is 10.0. The Hall–Kier alpha value is -4.05. The molecule has 0 spiro atoms. The highest BCUT2D eigenvalue weighted by atomic mass is 35.5. The van der Waals surface area contributed by atoms with Crippen molar-refractivity contribution < 1.29 is 22.7 Å². The Balaban J connectivity index is 1.80. The number of nitrogens with zero attached hydrogens (tertiary/aromatic N) is 2. The second-order valence-electron chi connectivity index (χ2n) is 11.4. The fourth-order valence-electron chi connectivity index (χ4n) is 5.14. The molecule has 4 aromatic rings. The van der Waals surface area contributed by atoms with Crippen LogP contribution in [0.1, 0.15) is 43.4 Å². The van der Waals surface area contributed by atoms with Gasteiger partial charge in [-0.25, -0.2) is 8.42 Å². The molecule has 8 nitrogen and oxygen atoms in total. The molecular formula is C37H41Cl2N3O5S. The number of carbonyl (C=O) groups is 2. The number of benzene rings is 4. The molecule has 0 fully saturated rings. The highest BCUT2D eigenvalue weighted by molar-refractivity contribution is 7.92. The summed E-state index contributed by atoms with van der Waals surface area (Å²) in [4.78, 5) is 30.0. The van der Waals surface area contributed by atoms with Crippen LogP contribution < -0.4 is 14.4 Å². The lowest BCUT2D eigenvalue weighted by Gasteiger charge is -2.34. The summed E-state index contributed by atoms with van der Waals surface area (Å²) in [6.45, 7) is 6.04. The Labute approximate surface area is 293 Å². The van der Waals surface area contributed by atoms with E-state index in [1.807, 2.05) is 51.1 Å². The lowest BCUT2D eigenvalue weighted by molar-refractivity contribution is -0.140. The molecule has 1 N–H and O–H groups in total. The van der Waals surface area contributed by atoms with Gasteiger partial charge in [0.25, 0.3) is 10.0 Å². The van der Waals surface area contributed by atoms with E-state index in [9.17, 15) is 18.0 Å². The van der Waals surface area contributed by atoms with Gasteiger partial charge in [0.05, 0.1) is 27.2 Å². The van der Waals surface area contributed by atoms with E-state index in [1.54, 1.807) is 54.6 Å². The molecule has 11 heteroatoms. The molecule has 4 aromatic carbocycles. The predicted molar refractivity (Wildman–Crippen MR) is 192 cm³/mol. The smallest absolute Gasteiger partial charge is 0.264 e. The zero-order chi connectivity index (χ0) is 34.7. The molecule has 0 aliphatic carbocycles. The number of amides is 2. The minimum atomic E-state index is -4.23. The molecule has 254 valence electrons. The van der Waals surface area contributed by atoms with Crippen molar-refractivity contribution in [3.05, 3.63) is 124 Å². The number of hydrogen-bond acceptors (Lipinski definition) is 5. The molecule has 0 bridgehead atoms. The third-order valence-corrected chi connectivity index (χ3v) is 10.3. The van der Waals surface area contributed by atoms with Gasteiger partial charge in [0.1, 0.15) is 18.3 Å². The number of hydrogen-bond donors (Lipinski definition) is 1. The highest BCUT2D eigenvalue weighted by Crippen LogP contribution is 2.28. The van der Waals surface area contributed by atoms with Gasteiger partial charge in [-0.3, -0.25) is 13.9 Å². The Bertz CT molecular complexity index is 1770. The van der Waals surface area contributed by atoms with Crippen molar-refractivity contribution in [2.75, 3.05) is 24.0 Å². The summed E-state index contributed by atoms with van der Waals surface area (Å²) in [6, 6.07) is 26.4. The average Bonchev–Trinajstić information content (AvgIpc) is 3.08. The third-order valence-electron chi connectivity index (χ3n) is 7.76. The Kier molecular flexibility index (Phi) is 13.3. The molecule has 0 aliphatic heterocycles. The van der Waals surface area contributed by atoms with E-state index in [0.29, 0.717) is 34.5 Å². The van der Waals surface area contributed by atoms with E-state index < -0.39 is 28.5 Å². The van der Waals surface area contributed by atoms with Crippen molar-refractivity contribution in [2.45, 2.75) is 57.5 Å². The molecule has 0 heterocycles. The standard InChI is InChI=1S/C37H41Cl2N3O5S/c1-4-6-22-40-37(44)35(24-28-10-8-7-9-11-28)41(25-29-14-21-33(38)34(39)23-29)36(43)26-42(30-15-17-31(18-16-30)47-5-2)48(45,46)32-19-12-27(3)13-20-32/h7-21,23,35H,4-6,22,24-26H2,1-3H3,(H,40,44)/t35-/m0/s1. The van der Waals surface area contributed by atoms with Crippen LogP contribution in [0.15, 0.2) is 102 Å². The topological polar surface area (TPSA) is 96.0 Å². The maximum atomic E-state index is 14.6. The number of anilines is 1. The van der Waals surface area contributed by atoms with Crippen LogP contribution >= 0.6 is 23.2 Å². The fraction of sp³-hybridized carbons (Fsp3) is 0.297. The molecule has 48 heavy (non-hydrogen) atoms. The number of nitrogens with one attached hydrogen (secondary N) is 1. The molecule has 0 radical (unpaired) electrons. The van der Waals surface area contributed by atoms with Crippen LogP contribution in [0, 0.1) is 6.92 Å². The zero-order valence-corrected chi connectivity index (χ0v) is 29.7. The third kappa shape index (κ3) is 9.75. The van der Waals surface area contributed by atoms with Gasteiger partial charge in [0.15, 0.2) is 0 Å². The number of rotatable bonds is 16. The monoisotopic (exact) mass is 709 g/mol. The van der Waals surface area contributed by atoms with Crippen molar-refractivity contribution in [1.29, 1.82) is 0 Å². The van der Waals surface area contributed by atoms with Crippen LogP contribution in [0.3, 0.4) is 0 Å². The Morgan fingerprint density at radius 3 is 2.17 bits per heavy atom. The van der Waals surface area contributed by atoms with Crippen LogP contribution in [-0.4, -0.2) is 50.9 Å². The maximum absolute atomic E-state index is 14.6. The van der Waals surface area contributed by atoms with Gasteiger partial charge in [-0.1, -0.05) is 90.6 Å². The summed E-state index contributed by atoms with van der Waals surface area (Å²) in [7, 11) is -4.23. The Morgan fingerprint density at radius 2 is 1.54 bits per heavy atom. The van der Waals surface area contributed by atoms with E-state index in [1.165, 1.54) is 17.0 Å². The molecule has 0 unspecified atom stereocenters. The minimum Gasteiger partial charge on any atom is -0.494 e. The summed E-state index contributed by atoms with van der Waals surface area (Å²) >= 11 is 12.6. The van der Waals surface area contributed by atoms with Gasteiger partial charge < -0.3 is 15.0 Å². The molecule has 4 rings (SSSR count). The van der Waals surface area contributed by atoms with Crippen LogP contribution in [0.2, 0.25) is 10.0 Å². The quantitative estimate of drug-likeness (QED) is 0.122. The first-order valence-electron chi connectivity index (χ1n) is 15.9. The van der Waals surface area contributed by atoms with Gasteiger partial charge in [0.2, 0.25) is 11.8 Å². The molecule has 0 aliphatic rings.